The lowest BCUT2D eigenvalue weighted by molar-refractivity contribution is -0.124. The van der Waals surface area contributed by atoms with Crippen LogP contribution in [0, 0.1) is 5.92 Å². The number of carbonyl (C=O) groups excluding carboxylic acids is 2. The van der Waals surface area contributed by atoms with Crippen molar-refractivity contribution in [3.63, 3.8) is 0 Å². The fraction of sp³-hybridized carbons (Fsp3) is 0.529. The summed E-state index contributed by atoms with van der Waals surface area (Å²) in [7, 11) is 0. The lowest BCUT2D eigenvalue weighted by Gasteiger charge is -2.12. The Morgan fingerprint density at radius 2 is 2.05 bits per heavy atom. The quantitative estimate of drug-likeness (QED) is 0.845. The molecule has 21 heavy (non-hydrogen) atoms. The lowest BCUT2D eigenvalue weighted by Crippen LogP contribution is -2.37. The highest BCUT2D eigenvalue weighted by Crippen LogP contribution is 2.32. The van der Waals surface area contributed by atoms with E-state index in [1.807, 2.05) is 19.1 Å². The van der Waals surface area contributed by atoms with E-state index in [4.69, 9.17) is 4.74 Å². The summed E-state index contributed by atoms with van der Waals surface area (Å²) >= 11 is 0. The Labute approximate surface area is 124 Å². The highest BCUT2D eigenvalue weighted by molar-refractivity contribution is 5.91. The number of carbonyl (C=O) groups is 2. The van der Waals surface area contributed by atoms with E-state index in [-0.39, 0.29) is 18.6 Å². The van der Waals surface area contributed by atoms with Crippen molar-refractivity contribution < 1.29 is 14.3 Å². The molecule has 2 aliphatic carbocycles. The molecule has 1 saturated carbocycles. The minimum Gasteiger partial charge on any atom is -0.452 e. The molecule has 1 fully saturated rings. The number of esters is 1. The van der Waals surface area contributed by atoms with Crippen LogP contribution in [0.15, 0.2) is 18.2 Å². The first-order chi connectivity index (χ1) is 10.1. The summed E-state index contributed by atoms with van der Waals surface area (Å²) in [5.41, 5.74) is 3.09. The van der Waals surface area contributed by atoms with Gasteiger partial charge in [-0.1, -0.05) is 6.07 Å². The van der Waals surface area contributed by atoms with Crippen molar-refractivity contribution >= 4 is 11.9 Å². The Hall–Kier alpha value is -1.84. The van der Waals surface area contributed by atoms with Crippen molar-refractivity contribution in [3.8, 4) is 0 Å². The number of amides is 1. The van der Waals surface area contributed by atoms with Gasteiger partial charge in [0, 0.05) is 6.04 Å². The maximum absolute atomic E-state index is 12.0. The van der Waals surface area contributed by atoms with Crippen LogP contribution >= 0.6 is 0 Å². The molecule has 0 saturated heterocycles. The first kappa shape index (κ1) is 14.1. The van der Waals surface area contributed by atoms with Gasteiger partial charge in [0.1, 0.15) is 0 Å². The third kappa shape index (κ3) is 3.43. The smallest absolute Gasteiger partial charge is 0.338 e. The Kier molecular flexibility index (Phi) is 3.95. The molecular weight excluding hydrogens is 266 g/mol. The van der Waals surface area contributed by atoms with Crippen molar-refractivity contribution in [1.82, 2.24) is 5.32 Å². The summed E-state index contributed by atoms with van der Waals surface area (Å²) in [4.78, 5) is 23.7. The van der Waals surface area contributed by atoms with Gasteiger partial charge >= 0.3 is 5.97 Å². The standard InChI is InChI=1S/C17H21NO3/c1-11(12-5-6-12)18-16(19)10-21-17(20)15-8-7-13-3-2-4-14(13)9-15/h7-9,11-12H,2-6,10H2,1H3,(H,18,19)/t11-/m1/s1. The molecule has 3 rings (SSSR count). The molecule has 1 aromatic rings. The summed E-state index contributed by atoms with van der Waals surface area (Å²) < 4.78 is 5.10. The first-order valence-corrected chi connectivity index (χ1v) is 7.72. The van der Waals surface area contributed by atoms with E-state index in [2.05, 4.69) is 5.32 Å². The summed E-state index contributed by atoms with van der Waals surface area (Å²) in [5, 5.41) is 2.87. The predicted molar refractivity (Wildman–Crippen MR) is 79.1 cm³/mol. The molecule has 0 bridgehead atoms. The maximum atomic E-state index is 12.0. The molecule has 0 unspecified atom stereocenters. The third-order valence-electron chi connectivity index (χ3n) is 4.39. The Balaban J connectivity index is 1.50. The molecule has 0 heterocycles. The number of hydrogen-bond acceptors (Lipinski definition) is 3. The largest absolute Gasteiger partial charge is 0.452 e. The van der Waals surface area contributed by atoms with E-state index in [0.717, 1.165) is 19.3 Å². The molecule has 0 radical (unpaired) electrons. The minimum atomic E-state index is -0.418. The Bertz CT molecular complexity index is 563. The topological polar surface area (TPSA) is 55.4 Å². The van der Waals surface area contributed by atoms with Crippen molar-refractivity contribution in [2.75, 3.05) is 6.61 Å². The Morgan fingerprint density at radius 3 is 2.81 bits per heavy atom. The van der Waals surface area contributed by atoms with Crippen LogP contribution in [0.4, 0.5) is 0 Å². The zero-order chi connectivity index (χ0) is 14.8. The molecule has 4 heteroatoms. The van der Waals surface area contributed by atoms with E-state index >= 15 is 0 Å². The van der Waals surface area contributed by atoms with Crippen LogP contribution in [0.2, 0.25) is 0 Å². The summed E-state index contributed by atoms with van der Waals surface area (Å²) in [6.45, 7) is 1.80. The van der Waals surface area contributed by atoms with E-state index < -0.39 is 5.97 Å². The molecule has 112 valence electrons. The summed E-state index contributed by atoms with van der Waals surface area (Å²) in [6.07, 6.45) is 5.62. The fourth-order valence-electron chi connectivity index (χ4n) is 2.92. The highest BCUT2D eigenvalue weighted by Gasteiger charge is 2.29. The SMILES string of the molecule is C[C@@H](NC(=O)COC(=O)c1ccc2c(c1)CCC2)C1CC1. The van der Waals surface area contributed by atoms with Gasteiger partial charge in [-0.2, -0.15) is 0 Å². The predicted octanol–water partition coefficient (Wildman–Crippen LogP) is 2.25. The van der Waals surface area contributed by atoms with E-state index in [1.54, 1.807) is 6.07 Å². The van der Waals surface area contributed by atoms with Crippen LogP contribution in [-0.2, 0) is 22.4 Å². The molecule has 1 amide bonds. The average molecular weight is 287 g/mol. The maximum Gasteiger partial charge on any atom is 0.338 e. The van der Waals surface area contributed by atoms with Crippen molar-refractivity contribution in [1.29, 1.82) is 0 Å². The van der Waals surface area contributed by atoms with Gasteiger partial charge in [-0.15, -0.1) is 0 Å². The van der Waals surface area contributed by atoms with Gasteiger partial charge in [0.25, 0.3) is 5.91 Å². The van der Waals surface area contributed by atoms with E-state index in [9.17, 15) is 9.59 Å². The van der Waals surface area contributed by atoms with Crippen LogP contribution in [0.1, 0.15) is 47.7 Å². The molecule has 1 atom stereocenters. The molecular formula is C17H21NO3. The number of aryl methyl sites for hydroxylation is 2. The average Bonchev–Trinajstić information content (AvgIpc) is 3.22. The van der Waals surface area contributed by atoms with Crippen LogP contribution in [-0.4, -0.2) is 24.5 Å². The van der Waals surface area contributed by atoms with Crippen molar-refractivity contribution in [3.05, 3.63) is 34.9 Å². The lowest BCUT2D eigenvalue weighted by atomic mass is 10.1. The van der Waals surface area contributed by atoms with E-state index in [0.29, 0.717) is 11.5 Å². The number of nitrogens with one attached hydrogen (secondary N) is 1. The van der Waals surface area contributed by atoms with Gasteiger partial charge in [-0.25, -0.2) is 4.79 Å². The zero-order valence-corrected chi connectivity index (χ0v) is 12.4. The summed E-state index contributed by atoms with van der Waals surface area (Å²) in [5.74, 6) is -0.0378. The number of benzene rings is 1. The molecule has 0 aliphatic heterocycles. The molecule has 4 nitrogen and oxygen atoms in total. The van der Waals surface area contributed by atoms with Crippen LogP contribution < -0.4 is 5.32 Å². The second-order valence-corrected chi connectivity index (χ2v) is 6.11. The monoisotopic (exact) mass is 287 g/mol. The Morgan fingerprint density at radius 1 is 1.29 bits per heavy atom. The molecule has 2 aliphatic rings. The molecule has 0 spiro atoms. The zero-order valence-electron chi connectivity index (χ0n) is 12.4. The van der Waals surface area contributed by atoms with Gasteiger partial charge in [0.05, 0.1) is 5.56 Å². The van der Waals surface area contributed by atoms with Crippen LogP contribution in [0.3, 0.4) is 0 Å². The van der Waals surface area contributed by atoms with E-state index in [1.165, 1.54) is 24.0 Å². The van der Waals surface area contributed by atoms with Gasteiger partial charge in [0.2, 0.25) is 0 Å². The van der Waals surface area contributed by atoms with Crippen LogP contribution in [0.25, 0.3) is 0 Å². The van der Waals surface area contributed by atoms with Crippen molar-refractivity contribution in [2.45, 2.75) is 45.1 Å². The van der Waals surface area contributed by atoms with Gasteiger partial charge < -0.3 is 10.1 Å². The molecule has 0 aromatic heterocycles. The number of fused-ring (bicyclic) bond motifs is 1. The fourth-order valence-corrected chi connectivity index (χ4v) is 2.92. The normalized spacial score (nSPS) is 18.0. The minimum absolute atomic E-state index is 0.177. The molecule has 1 aromatic carbocycles. The number of hydrogen-bond donors (Lipinski definition) is 1. The summed E-state index contributed by atoms with van der Waals surface area (Å²) in [6, 6.07) is 5.86. The van der Waals surface area contributed by atoms with Gasteiger partial charge in [-0.3, -0.25) is 4.79 Å². The van der Waals surface area contributed by atoms with Crippen molar-refractivity contribution in [2.24, 2.45) is 5.92 Å². The van der Waals surface area contributed by atoms with Crippen LogP contribution in [0.5, 0.6) is 0 Å². The number of ether oxygens (including phenoxy) is 1. The van der Waals surface area contributed by atoms with Gasteiger partial charge in [0.15, 0.2) is 6.61 Å². The number of rotatable bonds is 5. The second-order valence-electron chi connectivity index (χ2n) is 6.11. The first-order valence-electron chi connectivity index (χ1n) is 7.72. The second kappa shape index (κ2) is 5.88. The van der Waals surface area contributed by atoms with Gasteiger partial charge in [-0.05, 0) is 68.2 Å². The third-order valence-corrected chi connectivity index (χ3v) is 4.39. The molecule has 1 N–H and O–H groups in total. The highest BCUT2D eigenvalue weighted by atomic mass is 16.5.